The Morgan fingerprint density at radius 2 is 1.80 bits per heavy atom. The molecule has 10 heteroatoms. The first kappa shape index (κ1) is 21.4. The number of nitrogens with one attached hydrogen (secondary N) is 2. The van der Waals surface area contributed by atoms with Gasteiger partial charge in [0.1, 0.15) is 0 Å². The fourth-order valence-electron chi connectivity index (χ4n) is 2.52. The zero-order valence-corrected chi connectivity index (χ0v) is 16.1. The van der Waals surface area contributed by atoms with Crippen LogP contribution in [-0.4, -0.2) is 23.3 Å². The van der Waals surface area contributed by atoms with E-state index in [9.17, 15) is 22.8 Å². The number of anilines is 1. The Balaban J connectivity index is 1.47. The maximum atomic E-state index is 13.5. The predicted molar refractivity (Wildman–Crippen MR) is 103 cm³/mol. The third-order valence-corrected chi connectivity index (χ3v) is 4.34. The summed E-state index contributed by atoms with van der Waals surface area (Å²) in [6, 6.07) is 8.63. The van der Waals surface area contributed by atoms with Crippen molar-refractivity contribution in [2.24, 2.45) is 0 Å². The molecule has 0 atom stereocenters. The molecule has 1 heterocycles. The summed E-state index contributed by atoms with van der Waals surface area (Å²) < 4.78 is 45.2. The van der Waals surface area contributed by atoms with E-state index in [0.29, 0.717) is 28.3 Å². The first-order chi connectivity index (χ1) is 14.3. The van der Waals surface area contributed by atoms with Crippen molar-refractivity contribution in [1.29, 1.82) is 0 Å². The summed E-state index contributed by atoms with van der Waals surface area (Å²) in [5.74, 6) is -5.09. The second-order valence-corrected chi connectivity index (χ2v) is 6.55. The molecule has 0 aliphatic carbocycles. The van der Waals surface area contributed by atoms with Gasteiger partial charge in [0.25, 0.3) is 0 Å². The first-order valence-electron chi connectivity index (χ1n) is 8.75. The van der Waals surface area contributed by atoms with E-state index in [1.54, 1.807) is 24.3 Å². The van der Waals surface area contributed by atoms with Gasteiger partial charge in [-0.25, -0.2) is 18.2 Å². The largest absolute Gasteiger partial charge is 0.441 e. The Morgan fingerprint density at radius 3 is 2.57 bits per heavy atom. The number of amides is 2. The van der Waals surface area contributed by atoms with Gasteiger partial charge in [-0.1, -0.05) is 23.7 Å². The minimum atomic E-state index is -1.70. The van der Waals surface area contributed by atoms with E-state index in [-0.39, 0.29) is 12.8 Å². The number of halogens is 4. The van der Waals surface area contributed by atoms with E-state index in [4.69, 9.17) is 16.0 Å². The number of oxazole rings is 1. The van der Waals surface area contributed by atoms with Crippen molar-refractivity contribution in [3.8, 4) is 11.3 Å². The van der Waals surface area contributed by atoms with Crippen LogP contribution in [0.5, 0.6) is 0 Å². The molecule has 0 aliphatic heterocycles. The van der Waals surface area contributed by atoms with Gasteiger partial charge in [-0.05, 0) is 24.3 Å². The maximum absolute atomic E-state index is 13.5. The predicted octanol–water partition coefficient (Wildman–Crippen LogP) is 4.10. The molecular weight excluding hydrogens is 423 g/mol. The number of carbonyl (C=O) groups excluding carboxylic acids is 2. The zero-order chi connectivity index (χ0) is 21.7. The van der Waals surface area contributed by atoms with Crippen molar-refractivity contribution in [1.82, 2.24) is 10.3 Å². The first-order valence-corrected chi connectivity index (χ1v) is 9.12. The second kappa shape index (κ2) is 9.45. The van der Waals surface area contributed by atoms with E-state index < -0.39 is 41.5 Å². The lowest BCUT2D eigenvalue weighted by atomic mass is 10.2. The lowest BCUT2D eigenvalue weighted by Crippen LogP contribution is -2.33. The Kier molecular flexibility index (Phi) is 6.73. The Hall–Kier alpha value is -3.33. The van der Waals surface area contributed by atoms with E-state index >= 15 is 0 Å². The molecule has 2 N–H and O–H groups in total. The van der Waals surface area contributed by atoms with Crippen LogP contribution in [0.25, 0.3) is 11.3 Å². The number of aryl methyl sites for hydroxylation is 1. The van der Waals surface area contributed by atoms with Crippen LogP contribution >= 0.6 is 11.6 Å². The van der Waals surface area contributed by atoms with Gasteiger partial charge in [-0.15, -0.1) is 0 Å². The van der Waals surface area contributed by atoms with Crippen LogP contribution in [0.2, 0.25) is 5.02 Å². The molecule has 2 aromatic carbocycles. The van der Waals surface area contributed by atoms with Crippen LogP contribution in [0.15, 0.2) is 47.0 Å². The van der Waals surface area contributed by atoms with Gasteiger partial charge in [-0.2, -0.15) is 0 Å². The number of hydrogen-bond acceptors (Lipinski definition) is 4. The Bertz CT molecular complexity index is 1090. The van der Waals surface area contributed by atoms with Crippen molar-refractivity contribution >= 4 is 29.1 Å². The summed E-state index contributed by atoms with van der Waals surface area (Å²) in [6.45, 7) is -0.478. The molecule has 0 radical (unpaired) electrons. The quantitative estimate of drug-likeness (QED) is 0.545. The summed E-state index contributed by atoms with van der Waals surface area (Å²) >= 11 is 6.10. The van der Waals surface area contributed by atoms with Gasteiger partial charge in [0.15, 0.2) is 29.1 Å². The molecule has 0 spiro atoms. The molecule has 0 aliphatic rings. The topological polar surface area (TPSA) is 84.2 Å². The van der Waals surface area contributed by atoms with Crippen LogP contribution in [0.3, 0.4) is 0 Å². The standard InChI is InChI=1S/C20H15ClF3N3O3/c21-12-4-2-1-3-11(12)15-9-26-18(30-15)8-7-16(28)25-10-17(29)27-14-6-5-13(22)19(23)20(14)24/h1-6,9H,7-8,10H2,(H,25,28)(H,27,29). The molecule has 3 rings (SSSR count). The summed E-state index contributed by atoms with van der Waals surface area (Å²) in [6.07, 6.45) is 1.66. The average Bonchev–Trinajstić information content (AvgIpc) is 3.20. The van der Waals surface area contributed by atoms with Crippen molar-refractivity contribution < 1.29 is 27.2 Å². The van der Waals surface area contributed by atoms with Crippen molar-refractivity contribution in [2.75, 3.05) is 11.9 Å². The maximum Gasteiger partial charge on any atom is 0.243 e. The number of benzene rings is 2. The summed E-state index contributed by atoms with van der Waals surface area (Å²) in [5.41, 5.74) is 0.142. The van der Waals surface area contributed by atoms with Gasteiger partial charge in [0.05, 0.1) is 23.5 Å². The van der Waals surface area contributed by atoms with Crippen LogP contribution in [0, 0.1) is 17.5 Å². The fourth-order valence-corrected chi connectivity index (χ4v) is 2.74. The van der Waals surface area contributed by atoms with Gasteiger partial charge in [-0.3, -0.25) is 9.59 Å². The van der Waals surface area contributed by atoms with Crippen molar-refractivity contribution in [2.45, 2.75) is 12.8 Å². The number of nitrogens with zero attached hydrogens (tertiary/aromatic N) is 1. The van der Waals surface area contributed by atoms with Crippen LogP contribution in [0.4, 0.5) is 18.9 Å². The second-order valence-electron chi connectivity index (χ2n) is 6.15. The molecule has 156 valence electrons. The van der Waals surface area contributed by atoms with E-state index in [0.717, 1.165) is 6.07 Å². The van der Waals surface area contributed by atoms with Crippen LogP contribution in [0.1, 0.15) is 12.3 Å². The third-order valence-electron chi connectivity index (χ3n) is 4.01. The van der Waals surface area contributed by atoms with Gasteiger partial charge in [0.2, 0.25) is 11.8 Å². The van der Waals surface area contributed by atoms with Crippen molar-refractivity contribution in [3.63, 3.8) is 0 Å². The number of carbonyl (C=O) groups is 2. The van der Waals surface area contributed by atoms with Gasteiger partial charge >= 0.3 is 0 Å². The highest BCUT2D eigenvalue weighted by atomic mass is 35.5. The number of aromatic nitrogens is 1. The fraction of sp³-hybridized carbons (Fsp3) is 0.150. The molecule has 0 saturated heterocycles. The highest BCUT2D eigenvalue weighted by Gasteiger charge is 2.16. The van der Waals surface area contributed by atoms with Gasteiger partial charge in [0, 0.05) is 18.4 Å². The summed E-state index contributed by atoms with van der Waals surface area (Å²) in [4.78, 5) is 27.8. The molecular formula is C20H15ClF3N3O3. The Morgan fingerprint density at radius 1 is 1.03 bits per heavy atom. The molecule has 0 saturated carbocycles. The van der Waals surface area contributed by atoms with E-state index in [1.807, 2.05) is 0 Å². The smallest absolute Gasteiger partial charge is 0.243 e. The lowest BCUT2D eigenvalue weighted by Gasteiger charge is -2.08. The number of rotatable bonds is 7. The summed E-state index contributed by atoms with van der Waals surface area (Å²) in [5, 5.41) is 4.89. The highest BCUT2D eigenvalue weighted by Crippen LogP contribution is 2.28. The van der Waals surface area contributed by atoms with Crippen LogP contribution in [-0.2, 0) is 16.0 Å². The normalized spacial score (nSPS) is 10.7. The monoisotopic (exact) mass is 437 g/mol. The zero-order valence-electron chi connectivity index (χ0n) is 15.3. The van der Waals surface area contributed by atoms with Gasteiger partial charge < -0.3 is 15.1 Å². The molecule has 0 bridgehead atoms. The van der Waals surface area contributed by atoms with E-state index in [2.05, 4.69) is 15.6 Å². The SMILES string of the molecule is O=C(CCc1ncc(-c2ccccc2Cl)o1)NCC(=O)Nc1ccc(F)c(F)c1F. The number of hydrogen-bond donors (Lipinski definition) is 2. The minimum Gasteiger partial charge on any atom is -0.441 e. The molecule has 30 heavy (non-hydrogen) atoms. The molecule has 0 fully saturated rings. The average molecular weight is 438 g/mol. The molecule has 2 amide bonds. The molecule has 6 nitrogen and oxygen atoms in total. The van der Waals surface area contributed by atoms with Crippen molar-refractivity contribution in [3.05, 3.63) is 71.0 Å². The molecule has 3 aromatic rings. The lowest BCUT2D eigenvalue weighted by molar-refractivity contribution is -0.124. The van der Waals surface area contributed by atoms with Crippen LogP contribution < -0.4 is 10.6 Å². The van der Waals surface area contributed by atoms with E-state index in [1.165, 1.54) is 6.20 Å². The highest BCUT2D eigenvalue weighted by molar-refractivity contribution is 6.33. The summed E-state index contributed by atoms with van der Waals surface area (Å²) in [7, 11) is 0. The molecule has 1 aromatic heterocycles. The molecule has 0 unspecified atom stereocenters. The Labute approximate surface area is 174 Å². The third kappa shape index (κ3) is 5.18. The minimum absolute atomic E-state index is 0.0186.